The average molecular weight is 169 g/mol. The van der Waals surface area contributed by atoms with Gasteiger partial charge in [0.05, 0.1) is 5.92 Å². The third-order valence-corrected chi connectivity index (χ3v) is 2.30. The van der Waals surface area contributed by atoms with Crippen molar-refractivity contribution in [1.82, 2.24) is 4.90 Å². The van der Waals surface area contributed by atoms with E-state index in [1.54, 1.807) is 6.92 Å². The van der Waals surface area contributed by atoms with Crippen LogP contribution in [0.2, 0.25) is 0 Å². The van der Waals surface area contributed by atoms with Crippen LogP contribution in [0.4, 0.5) is 0 Å². The van der Waals surface area contributed by atoms with Crippen LogP contribution in [0.1, 0.15) is 13.3 Å². The van der Waals surface area contributed by atoms with Gasteiger partial charge in [0.15, 0.2) is 0 Å². The molecular formula is C9H15NO2. The predicted molar refractivity (Wildman–Crippen MR) is 47.0 cm³/mol. The smallest absolute Gasteiger partial charge is 0.310 e. The molecule has 1 unspecified atom stereocenters. The molecule has 0 aromatic heterocycles. The molecule has 1 aliphatic rings. The molecule has 0 fully saturated rings. The van der Waals surface area contributed by atoms with Gasteiger partial charge in [-0.05, 0) is 26.0 Å². The number of aliphatic carboxylic acids is 1. The third kappa shape index (κ3) is 2.08. The molecule has 0 spiro atoms. The maximum absolute atomic E-state index is 10.6. The Hall–Kier alpha value is -0.830. The lowest BCUT2D eigenvalue weighted by atomic mass is 9.97. The van der Waals surface area contributed by atoms with E-state index in [0.29, 0.717) is 0 Å². The predicted octanol–water partition coefficient (Wildman–Crippen LogP) is 0.969. The van der Waals surface area contributed by atoms with Crippen LogP contribution in [0, 0.1) is 5.92 Å². The van der Waals surface area contributed by atoms with E-state index in [2.05, 4.69) is 11.0 Å². The maximum atomic E-state index is 10.6. The minimum atomic E-state index is -0.725. The van der Waals surface area contributed by atoms with Crippen molar-refractivity contribution in [3.05, 3.63) is 11.6 Å². The molecule has 0 saturated heterocycles. The molecule has 1 atom stereocenters. The molecule has 1 heterocycles. The van der Waals surface area contributed by atoms with Crippen molar-refractivity contribution in [3.8, 4) is 0 Å². The minimum Gasteiger partial charge on any atom is -0.481 e. The molecular weight excluding hydrogens is 154 g/mol. The van der Waals surface area contributed by atoms with Crippen LogP contribution in [-0.4, -0.2) is 36.1 Å². The Morgan fingerprint density at radius 1 is 1.75 bits per heavy atom. The number of hydrogen-bond acceptors (Lipinski definition) is 2. The van der Waals surface area contributed by atoms with Crippen LogP contribution in [0.3, 0.4) is 0 Å². The van der Waals surface area contributed by atoms with Gasteiger partial charge in [-0.15, -0.1) is 0 Å². The number of rotatable bonds is 2. The zero-order chi connectivity index (χ0) is 9.14. The quantitative estimate of drug-likeness (QED) is 0.626. The van der Waals surface area contributed by atoms with Crippen LogP contribution >= 0.6 is 0 Å². The molecule has 0 saturated carbocycles. The summed E-state index contributed by atoms with van der Waals surface area (Å²) in [6.07, 6.45) is 3.03. The third-order valence-electron chi connectivity index (χ3n) is 2.30. The highest BCUT2D eigenvalue weighted by Gasteiger charge is 2.19. The molecule has 3 nitrogen and oxygen atoms in total. The molecule has 0 radical (unpaired) electrons. The van der Waals surface area contributed by atoms with Gasteiger partial charge in [-0.1, -0.05) is 6.08 Å². The standard InChI is InChI=1S/C9H15NO2/c1-7(9(11)12)8-4-3-5-10(2)6-8/h4,7H,3,5-6H2,1-2H3,(H,11,12). The summed E-state index contributed by atoms with van der Waals surface area (Å²) in [5, 5.41) is 8.76. The van der Waals surface area contributed by atoms with Crippen LogP contribution in [0.15, 0.2) is 11.6 Å². The van der Waals surface area contributed by atoms with Crippen molar-refractivity contribution in [2.24, 2.45) is 5.92 Å². The summed E-state index contributed by atoms with van der Waals surface area (Å²) < 4.78 is 0. The van der Waals surface area contributed by atoms with Crippen molar-refractivity contribution in [2.75, 3.05) is 20.1 Å². The lowest BCUT2D eigenvalue weighted by Gasteiger charge is -2.24. The van der Waals surface area contributed by atoms with E-state index < -0.39 is 5.97 Å². The van der Waals surface area contributed by atoms with Crippen molar-refractivity contribution in [2.45, 2.75) is 13.3 Å². The fraction of sp³-hybridized carbons (Fsp3) is 0.667. The van der Waals surface area contributed by atoms with E-state index in [0.717, 1.165) is 25.1 Å². The number of likely N-dealkylation sites (N-methyl/N-ethyl adjacent to an activating group) is 1. The number of carboxylic acid groups (broad SMARTS) is 1. The summed E-state index contributed by atoms with van der Waals surface area (Å²) in [6, 6.07) is 0. The van der Waals surface area contributed by atoms with Gasteiger partial charge in [0.25, 0.3) is 0 Å². The SMILES string of the molecule is CC(C(=O)O)C1=CCCN(C)C1. The molecule has 12 heavy (non-hydrogen) atoms. The highest BCUT2D eigenvalue weighted by molar-refractivity contribution is 5.73. The Morgan fingerprint density at radius 2 is 2.42 bits per heavy atom. The van der Waals surface area contributed by atoms with Crippen molar-refractivity contribution in [1.29, 1.82) is 0 Å². The number of nitrogens with zero attached hydrogens (tertiary/aromatic N) is 1. The average Bonchev–Trinajstić information content (AvgIpc) is 2.03. The highest BCUT2D eigenvalue weighted by Crippen LogP contribution is 2.16. The molecule has 0 amide bonds. The molecule has 68 valence electrons. The Kier molecular flexibility index (Phi) is 2.87. The second-order valence-electron chi connectivity index (χ2n) is 3.37. The summed E-state index contributed by atoms with van der Waals surface area (Å²) in [4.78, 5) is 12.8. The minimum absolute atomic E-state index is 0.326. The summed E-state index contributed by atoms with van der Waals surface area (Å²) >= 11 is 0. The molecule has 0 aromatic rings. The second kappa shape index (κ2) is 3.72. The van der Waals surface area contributed by atoms with E-state index in [1.807, 2.05) is 7.05 Å². The van der Waals surface area contributed by atoms with Gasteiger partial charge in [-0.3, -0.25) is 4.79 Å². The fourth-order valence-electron chi connectivity index (χ4n) is 1.40. The topological polar surface area (TPSA) is 40.5 Å². The van der Waals surface area contributed by atoms with Gasteiger partial charge in [-0.25, -0.2) is 0 Å². The first-order chi connectivity index (χ1) is 5.61. The van der Waals surface area contributed by atoms with Crippen LogP contribution in [-0.2, 0) is 4.79 Å². The monoisotopic (exact) mass is 169 g/mol. The Bertz CT molecular complexity index is 211. The normalized spacial score (nSPS) is 21.7. The van der Waals surface area contributed by atoms with Gasteiger partial charge in [0.2, 0.25) is 0 Å². The number of carboxylic acids is 1. The Labute approximate surface area is 72.7 Å². The lowest BCUT2D eigenvalue weighted by Crippen LogP contribution is -2.29. The molecule has 0 aromatic carbocycles. The van der Waals surface area contributed by atoms with E-state index in [9.17, 15) is 4.79 Å². The van der Waals surface area contributed by atoms with E-state index in [-0.39, 0.29) is 5.92 Å². The first-order valence-corrected chi connectivity index (χ1v) is 4.21. The summed E-state index contributed by atoms with van der Waals surface area (Å²) in [5.74, 6) is -1.05. The van der Waals surface area contributed by atoms with Gasteiger partial charge in [0, 0.05) is 13.1 Å². The molecule has 0 aliphatic carbocycles. The Morgan fingerprint density at radius 3 is 2.92 bits per heavy atom. The second-order valence-corrected chi connectivity index (χ2v) is 3.37. The highest BCUT2D eigenvalue weighted by atomic mass is 16.4. The van der Waals surface area contributed by atoms with Gasteiger partial charge < -0.3 is 10.0 Å². The van der Waals surface area contributed by atoms with E-state index in [1.165, 1.54) is 0 Å². The zero-order valence-electron chi connectivity index (χ0n) is 7.58. The van der Waals surface area contributed by atoms with Crippen LogP contribution in [0.5, 0.6) is 0 Å². The first kappa shape index (κ1) is 9.26. The Balaban J connectivity index is 2.62. The zero-order valence-corrected chi connectivity index (χ0v) is 7.58. The number of hydrogen-bond donors (Lipinski definition) is 1. The van der Waals surface area contributed by atoms with Crippen molar-refractivity contribution in [3.63, 3.8) is 0 Å². The molecule has 0 bridgehead atoms. The fourth-order valence-corrected chi connectivity index (χ4v) is 1.40. The largest absolute Gasteiger partial charge is 0.481 e. The van der Waals surface area contributed by atoms with Crippen molar-refractivity contribution >= 4 is 5.97 Å². The maximum Gasteiger partial charge on any atom is 0.310 e. The molecule has 1 rings (SSSR count). The molecule has 3 heteroatoms. The van der Waals surface area contributed by atoms with E-state index in [4.69, 9.17) is 5.11 Å². The van der Waals surface area contributed by atoms with Gasteiger partial charge in [-0.2, -0.15) is 0 Å². The van der Waals surface area contributed by atoms with Crippen LogP contribution < -0.4 is 0 Å². The molecule has 1 aliphatic heterocycles. The van der Waals surface area contributed by atoms with Crippen molar-refractivity contribution < 1.29 is 9.90 Å². The lowest BCUT2D eigenvalue weighted by molar-refractivity contribution is -0.139. The van der Waals surface area contributed by atoms with Crippen LogP contribution in [0.25, 0.3) is 0 Å². The first-order valence-electron chi connectivity index (χ1n) is 4.21. The van der Waals surface area contributed by atoms with Gasteiger partial charge >= 0.3 is 5.97 Å². The van der Waals surface area contributed by atoms with Gasteiger partial charge in [0.1, 0.15) is 0 Å². The summed E-state index contributed by atoms with van der Waals surface area (Å²) in [5.41, 5.74) is 1.04. The van der Waals surface area contributed by atoms with E-state index >= 15 is 0 Å². The summed E-state index contributed by atoms with van der Waals surface area (Å²) in [6.45, 7) is 3.58. The molecule has 1 N–H and O–H groups in total. The summed E-state index contributed by atoms with van der Waals surface area (Å²) in [7, 11) is 2.02. The number of carbonyl (C=O) groups is 1.